The van der Waals surface area contributed by atoms with E-state index in [0.29, 0.717) is 17.0 Å². The van der Waals surface area contributed by atoms with Gasteiger partial charge in [-0.05, 0) is 0 Å². The van der Waals surface area contributed by atoms with Crippen molar-refractivity contribution in [2.75, 3.05) is 6.79 Å². The van der Waals surface area contributed by atoms with Gasteiger partial charge in [-0.2, -0.15) is 0 Å². The van der Waals surface area contributed by atoms with E-state index >= 15 is 0 Å². The number of rotatable bonds is 10. The molecule has 0 bridgehead atoms. The molecule has 2 nitrogen and oxygen atoms in total. The van der Waals surface area contributed by atoms with E-state index in [4.69, 9.17) is 9.47 Å². The van der Waals surface area contributed by atoms with Crippen molar-refractivity contribution in [3.63, 3.8) is 0 Å². The molecule has 0 saturated carbocycles. The zero-order valence-corrected chi connectivity index (χ0v) is 17.1. The van der Waals surface area contributed by atoms with Gasteiger partial charge in [-0.15, -0.1) is 0 Å². The van der Waals surface area contributed by atoms with Crippen molar-refractivity contribution < 1.29 is 9.47 Å². The average molecular weight is 391 g/mol. The predicted octanol–water partition coefficient (Wildman–Crippen LogP) is 5.53. The minimum atomic E-state index is -2.17. The molecule has 0 aromatic rings. The van der Waals surface area contributed by atoms with Crippen LogP contribution in [0.2, 0.25) is 13.3 Å². The van der Waals surface area contributed by atoms with Crippen molar-refractivity contribution in [1.29, 1.82) is 0 Å². The molecule has 0 unspecified atom stereocenters. The number of ether oxygens (including phenoxy) is 2. The summed E-state index contributed by atoms with van der Waals surface area (Å²) in [5.41, 5.74) is 0. The molecule has 20 heavy (non-hydrogen) atoms. The van der Waals surface area contributed by atoms with E-state index in [9.17, 15) is 0 Å². The summed E-state index contributed by atoms with van der Waals surface area (Å²) in [7, 11) is 0. The Hall–Kier alpha value is 0.719. The van der Waals surface area contributed by atoms with Crippen LogP contribution >= 0.6 is 0 Å². The van der Waals surface area contributed by atoms with E-state index in [2.05, 4.69) is 27.7 Å². The first-order valence-electron chi connectivity index (χ1n) is 8.91. The van der Waals surface area contributed by atoms with Crippen LogP contribution in [0.4, 0.5) is 0 Å². The summed E-state index contributed by atoms with van der Waals surface area (Å²) >= 11 is -2.17. The fourth-order valence-electron chi connectivity index (χ4n) is 3.55. The fraction of sp³-hybridized carbons (Fsp3) is 1.00. The van der Waals surface area contributed by atoms with Crippen molar-refractivity contribution in [2.24, 2.45) is 0 Å². The first-order valence-corrected chi connectivity index (χ1v) is 16.6. The van der Waals surface area contributed by atoms with Crippen molar-refractivity contribution in [3.8, 4) is 0 Å². The SMILES string of the molecule is CCC[CH2][Sn]([CH2]CCC)([CH2]CCC)[C@H]1C[C@@H](C)OCO1. The van der Waals surface area contributed by atoms with Crippen molar-refractivity contribution in [3.05, 3.63) is 0 Å². The standard InChI is InChI=1S/C5H9O2.3C4H9.Sn/c1-5-2-3-6-4-7-5;3*1-3-4-2;/h3,5H,2,4H2,1H3;3*1,3-4H2,2H3;/t5-;;;;/m1..../s1. The summed E-state index contributed by atoms with van der Waals surface area (Å²) in [6.45, 7) is 9.79. The Labute approximate surface area is 130 Å². The van der Waals surface area contributed by atoms with Crippen LogP contribution in [0.25, 0.3) is 0 Å². The van der Waals surface area contributed by atoms with Crippen molar-refractivity contribution in [1.82, 2.24) is 0 Å². The average Bonchev–Trinajstić information content (AvgIpc) is 2.47. The zero-order valence-electron chi connectivity index (χ0n) is 14.2. The van der Waals surface area contributed by atoms with E-state index in [1.165, 1.54) is 44.9 Å². The third-order valence-corrected chi connectivity index (χ3v) is 21.5. The molecule has 1 rings (SSSR count). The van der Waals surface area contributed by atoms with E-state index in [1.54, 1.807) is 13.3 Å². The number of hydrogen-bond acceptors (Lipinski definition) is 2. The molecule has 0 aromatic carbocycles. The van der Waals surface area contributed by atoms with Gasteiger partial charge >= 0.3 is 131 Å². The molecule has 0 amide bonds. The van der Waals surface area contributed by atoms with Gasteiger partial charge in [-0.25, -0.2) is 0 Å². The van der Waals surface area contributed by atoms with Gasteiger partial charge in [-0.3, -0.25) is 0 Å². The molecular formula is C17H36O2Sn. The molecule has 1 heterocycles. The van der Waals surface area contributed by atoms with Crippen LogP contribution in [-0.2, 0) is 9.47 Å². The Morgan fingerprint density at radius 1 is 0.850 bits per heavy atom. The number of unbranched alkanes of at least 4 members (excludes halogenated alkanes) is 3. The first-order chi connectivity index (χ1) is 9.68. The molecule has 1 aliphatic heterocycles. The zero-order chi connectivity index (χ0) is 14.8. The van der Waals surface area contributed by atoms with E-state index in [0.717, 1.165) is 0 Å². The monoisotopic (exact) mass is 392 g/mol. The second-order valence-corrected chi connectivity index (χ2v) is 20.6. The molecule has 1 fully saturated rings. The summed E-state index contributed by atoms with van der Waals surface area (Å²) in [6, 6.07) is 0. The molecule has 0 spiro atoms. The molecule has 3 heteroatoms. The van der Waals surface area contributed by atoms with E-state index < -0.39 is 18.4 Å². The van der Waals surface area contributed by atoms with Gasteiger partial charge < -0.3 is 0 Å². The van der Waals surface area contributed by atoms with Gasteiger partial charge in [0.05, 0.1) is 0 Å². The van der Waals surface area contributed by atoms with Crippen LogP contribution < -0.4 is 0 Å². The minimum absolute atomic E-state index is 0.412. The topological polar surface area (TPSA) is 18.5 Å². The molecule has 0 N–H and O–H groups in total. The van der Waals surface area contributed by atoms with Crippen LogP contribution in [0.1, 0.15) is 72.6 Å². The fourth-order valence-corrected chi connectivity index (χ4v) is 21.1. The third-order valence-electron chi connectivity index (χ3n) is 4.94. The van der Waals surface area contributed by atoms with Crippen LogP contribution in [0.5, 0.6) is 0 Å². The maximum atomic E-state index is 6.18. The van der Waals surface area contributed by atoms with Crippen LogP contribution in [0.3, 0.4) is 0 Å². The Balaban J connectivity index is 2.79. The van der Waals surface area contributed by atoms with E-state index in [-0.39, 0.29) is 0 Å². The number of hydrogen-bond donors (Lipinski definition) is 0. The van der Waals surface area contributed by atoms with Gasteiger partial charge in [0.15, 0.2) is 0 Å². The van der Waals surface area contributed by atoms with Crippen LogP contribution in [0.15, 0.2) is 0 Å². The molecule has 120 valence electrons. The second kappa shape index (κ2) is 10.4. The van der Waals surface area contributed by atoms with Gasteiger partial charge in [0, 0.05) is 0 Å². The molecule has 1 aliphatic rings. The van der Waals surface area contributed by atoms with Crippen LogP contribution in [-0.4, -0.2) is 35.4 Å². The molecule has 0 aliphatic carbocycles. The third kappa shape index (κ3) is 5.84. The van der Waals surface area contributed by atoms with Crippen LogP contribution in [0, 0.1) is 0 Å². The summed E-state index contributed by atoms with van der Waals surface area (Å²) in [6.07, 6.45) is 9.90. The van der Waals surface area contributed by atoms with Gasteiger partial charge in [0.1, 0.15) is 0 Å². The first kappa shape index (κ1) is 18.8. The Kier molecular flexibility index (Phi) is 9.80. The van der Waals surface area contributed by atoms with Crippen molar-refractivity contribution in [2.45, 2.75) is 96.2 Å². The molecule has 0 radical (unpaired) electrons. The molecule has 0 aromatic heterocycles. The summed E-state index contributed by atoms with van der Waals surface area (Å²) in [5.74, 6) is 0. The Morgan fingerprint density at radius 2 is 1.35 bits per heavy atom. The van der Waals surface area contributed by atoms with E-state index in [1.807, 2.05) is 0 Å². The maximum absolute atomic E-state index is 6.18. The second-order valence-electron chi connectivity index (χ2n) is 6.66. The van der Waals surface area contributed by atoms with Gasteiger partial charge in [0.25, 0.3) is 0 Å². The van der Waals surface area contributed by atoms with Gasteiger partial charge in [-0.1, -0.05) is 0 Å². The van der Waals surface area contributed by atoms with Gasteiger partial charge in [0.2, 0.25) is 0 Å². The summed E-state index contributed by atoms with van der Waals surface area (Å²) in [4.78, 5) is 0. The predicted molar refractivity (Wildman–Crippen MR) is 89.8 cm³/mol. The molecular weight excluding hydrogens is 355 g/mol. The molecule has 1 saturated heterocycles. The quantitative estimate of drug-likeness (QED) is 0.456. The molecule has 2 atom stereocenters. The summed E-state index contributed by atoms with van der Waals surface area (Å²) < 4.78 is 17.1. The van der Waals surface area contributed by atoms with Crippen molar-refractivity contribution >= 4 is 18.4 Å². The normalized spacial score (nSPS) is 24.0. The Morgan fingerprint density at radius 3 is 1.75 bits per heavy atom. The summed E-state index contributed by atoms with van der Waals surface area (Å²) in [5, 5.41) is 0. The Bertz CT molecular complexity index is 223.